The van der Waals surface area contributed by atoms with Crippen molar-refractivity contribution >= 4 is 40.8 Å². The van der Waals surface area contributed by atoms with Crippen molar-refractivity contribution < 1.29 is 9.90 Å². The Morgan fingerprint density at radius 3 is 2.64 bits per heavy atom. The maximum absolute atomic E-state index is 11.7. The third-order valence-electron chi connectivity index (χ3n) is 4.37. The molecular weight excluding hydrogens is 390 g/mol. The summed E-state index contributed by atoms with van der Waals surface area (Å²) in [6, 6.07) is 11.5. The highest BCUT2D eigenvalue weighted by Gasteiger charge is 2.18. The second-order valence-corrected chi connectivity index (χ2v) is 8.11. The van der Waals surface area contributed by atoms with Gasteiger partial charge in [0.25, 0.3) is 0 Å². The van der Waals surface area contributed by atoms with Crippen molar-refractivity contribution in [3.05, 3.63) is 74.8 Å². The van der Waals surface area contributed by atoms with Crippen LogP contribution < -0.4 is 0 Å². The van der Waals surface area contributed by atoms with Crippen LogP contribution in [0.3, 0.4) is 0 Å². The topological polar surface area (TPSA) is 68.0 Å². The predicted octanol–water partition coefficient (Wildman–Crippen LogP) is 5.54. The Bertz CT molecular complexity index is 1160. The highest BCUT2D eigenvalue weighted by atomic mass is 32.1. The summed E-state index contributed by atoms with van der Waals surface area (Å²) in [6.45, 7) is 4.10. The van der Waals surface area contributed by atoms with Crippen LogP contribution in [-0.2, 0) is 0 Å². The van der Waals surface area contributed by atoms with E-state index in [0.717, 1.165) is 27.6 Å². The molecule has 140 valence electrons. The van der Waals surface area contributed by atoms with Gasteiger partial charge in [-0.1, -0.05) is 36.4 Å². The molecule has 0 fully saturated rings. The van der Waals surface area contributed by atoms with Gasteiger partial charge in [0.15, 0.2) is 5.13 Å². The molecule has 0 unspecified atom stereocenters. The van der Waals surface area contributed by atoms with E-state index in [1.807, 2.05) is 61.7 Å². The molecule has 0 saturated heterocycles. The SMILES string of the molecule is Cc1cc(/C=C/c2nc(-c3ccccc3)c(C(=O)O)s2)c(C)n1-c1nccs1. The van der Waals surface area contributed by atoms with Crippen LogP contribution in [0.25, 0.3) is 28.5 Å². The number of aryl methyl sites for hydroxylation is 1. The number of hydrogen-bond acceptors (Lipinski definition) is 5. The lowest BCUT2D eigenvalue weighted by Crippen LogP contribution is -1.97. The summed E-state index contributed by atoms with van der Waals surface area (Å²) < 4.78 is 2.12. The minimum absolute atomic E-state index is 0.249. The molecule has 0 saturated carbocycles. The fraction of sp³-hybridized carbons (Fsp3) is 0.0952. The van der Waals surface area contributed by atoms with E-state index in [4.69, 9.17) is 0 Å². The van der Waals surface area contributed by atoms with E-state index in [0.29, 0.717) is 10.7 Å². The number of nitrogens with zero attached hydrogens (tertiary/aromatic N) is 3. The number of carboxylic acids is 1. The molecule has 3 aromatic heterocycles. The van der Waals surface area contributed by atoms with Crippen LogP contribution in [0.5, 0.6) is 0 Å². The Balaban J connectivity index is 1.70. The third kappa shape index (κ3) is 3.42. The van der Waals surface area contributed by atoms with Gasteiger partial charge in [-0.3, -0.25) is 4.57 Å². The van der Waals surface area contributed by atoms with Gasteiger partial charge in [-0.05, 0) is 31.6 Å². The molecule has 0 radical (unpaired) electrons. The highest BCUT2D eigenvalue weighted by Crippen LogP contribution is 2.30. The average molecular weight is 408 g/mol. The van der Waals surface area contributed by atoms with E-state index < -0.39 is 5.97 Å². The van der Waals surface area contributed by atoms with E-state index in [-0.39, 0.29) is 4.88 Å². The van der Waals surface area contributed by atoms with Crippen molar-refractivity contribution in [2.75, 3.05) is 0 Å². The number of rotatable bonds is 5. The standard InChI is InChI=1S/C21H17N3O2S2/c1-13-12-16(14(2)24(13)21-22-10-11-27-21)8-9-17-23-18(19(28-17)20(25)26)15-6-4-3-5-7-15/h3-12H,1-2H3,(H,25,26)/b9-8+. The fourth-order valence-corrected chi connectivity index (χ4v) is 4.66. The molecule has 0 spiro atoms. The van der Waals surface area contributed by atoms with Crippen LogP contribution in [0.15, 0.2) is 48.0 Å². The first kappa shape index (κ1) is 18.3. The Kier molecular flexibility index (Phi) is 4.93. The second kappa shape index (κ2) is 7.53. The van der Waals surface area contributed by atoms with Crippen molar-refractivity contribution in [3.8, 4) is 16.4 Å². The van der Waals surface area contributed by atoms with Gasteiger partial charge in [-0.25, -0.2) is 14.8 Å². The van der Waals surface area contributed by atoms with Crippen LogP contribution in [0.1, 0.15) is 31.6 Å². The molecule has 4 aromatic rings. The molecular formula is C21H17N3O2S2. The monoisotopic (exact) mass is 407 g/mol. The first-order valence-corrected chi connectivity index (χ1v) is 10.3. The lowest BCUT2D eigenvalue weighted by atomic mass is 10.1. The number of hydrogen-bond donors (Lipinski definition) is 1. The van der Waals surface area contributed by atoms with Gasteiger partial charge >= 0.3 is 5.97 Å². The number of carboxylic acid groups (broad SMARTS) is 1. The maximum atomic E-state index is 11.7. The first-order chi connectivity index (χ1) is 13.5. The summed E-state index contributed by atoms with van der Waals surface area (Å²) in [5.74, 6) is -0.960. The fourth-order valence-electron chi connectivity index (χ4n) is 3.08. The molecule has 7 heteroatoms. The predicted molar refractivity (Wildman–Crippen MR) is 114 cm³/mol. The van der Waals surface area contributed by atoms with Gasteiger partial charge in [0.1, 0.15) is 9.88 Å². The normalized spacial score (nSPS) is 11.4. The molecule has 1 N–H and O–H groups in total. The highest BCUT2D eigenvalue weighted by molar-refractivity contribution is 7.15. The number of carbonyl (C=O) groups is 1. The summed E-state index contributed by atoms with van der Waals surface area (Å²) >= 11 is 2.77. The van der Waals surface area contributed by atoms with Crippen LogP contribution in [-0.4, -0.2) is 25.6 Å². The zero-order chi connectivity index (χ0) is 19.7. The lowest BCUT2D eigenvalue weighted by Gasteiger charge is -2.04. The Labute approximate surface area is 170 Å². The largest absolute Gasteiger partial charge is 0.477 e. The van der Waals surface area contributed by atoms with Crippen molar-refractivity contribution in [1.29, 1.82) is 0 Å². The number of thiazole rings is 2. The van der Waals surface area contributed by atoms with Crippen molar-refractivity contribution in [3.63, 3.8) is 0 Å². The molecule has 28 heavy (non-hydrogen) atoms. The van der Waals surface area contributed by atoms with Crippen molar-refractivity contribution in [2.24, 2.45) is 0 Å². The summed E-state index contributed by atoms with van der Waals surface area (Å²) in [7, 11) is 0. The maximum Gasteiger partial charge on any atom is 0.348 e. The quantitative estimate of drug-likeness (QED) is 0.471. The Morgan fingerprint density at radius 2 is 1.96 bits per heavy atom. The molecule has 4 rings (SSSR count). The zero-order valence-electron chi connectivity index (χ0n) is 15.3. The summed E-state index contributed by atoms with van der Waals surface area (Å²) in [6.07, 6.45) is 5.64. The minimum Gasteiger partial charge on any atom is -0.477 e. The van der Waals surface area contributed by atoms with Gasteiger partial charge in [0.2, 0.25) is 0 Å². The van der Waals surface area contributed by atoms with E-state index >= 15 is 0 Å². The van der Waals surface area contributed by atoms with Crippen LogP contribution in [0.4, 0.5) is 0 Å². The Morgan fingerprint density at radius 1 is 1.18 bits per heavy atom. The summed E-state index contributed by atoms with van der Waals surface area (Å²) in [5, 5.41) is 13.1. The van der Waals surface area contributed by atoms with Crippen LogP contribution in [0.2, 0.25) is 0 Å². The molecule has 1 aromatic carbocycles. The zero-order valence-corrected chi connectivity index (χ0v) is 16.9. The molecule has 0 aliphatic heterocycles. The molecule has 0 aliphatic rings. The lowest BCUT2D eigenvalue weighted by molar-refractivity contribution is 0.0702. The van der Waals surface area contributed by atoms with Crippen LogP contribution in [0, 0.1) is 13.8 Å². The third-order valence-corrected chi connectivity index (χ3v) is 6.14. The number of aromatic carboxylic acids is 1. The first-order valence-electron chi connectivity index (χ1n) is 8.61. The van der Waals surface area contributed by atoms with Gasteiger partial charge in [-0.15, -0.1) is 22.7 Å². The summed E-state index contributed by atoms with van der Waals surface area (Å²) in [4.78, 5) is 20.9. The van der Waals surface area contributed by atoms with E-state index in [1.165, 1.54) is 11.3 Å². The molecule has 0 bridgehead atoms. The van der Waals surface area contributed by atoms with E-state index in [2.05, 4.69) is 20.6 Å². The molecule has 0 aliphatic carbocycles. The van der Waals surface area contributed by atoms with Gasteiger partial charge < -0.3 is 5.11 Å². The molecule has 5 nitrogen and oxygen atoms in total. The van der Waals surface area contributed by atoms with Crippen LogP contribution >= 0.6 is 22.7 Å². The molecule has 3 heterocycles. The van der Waals surface area contributed by atoms with Gasteiger partial charge in [-0.2, -0.15) is 0 Å². The molecule has 0 amide bonds. The minimum atomic E-state index is -0.960. The number of benzene rings is 1. The van der Waals surface area contributed by atoms with Crippen molar-refractivity contribution in [2.45, 2.75) is 13.8 Å². The van der Waals surface area contributed by atoms with Crippen molar-refractivity contribution in [1.82, 2.24) is 14.5 Å². The van der Waals surface area contributed by atoms with E-state index in [1.54, 1.807) is 17.5 Å². The Hall–Kier alpha value is -3.03. The van der Waals surface area contributed by atoms with E-state index in [9.17, 15) is 9.90 Å². The second-order valence-electron chi connectivity index (χ2n) is 6.21. The summed E-state index contributed by atoms with van der Waals surface area (Å²) in [5.41, 5.74) is 4.55. The van der Waals surface area contributed by atoms with Gasteiger partial charge in [0.05, 0.1) is 5.69 Å². The average Bonchev–Trinajstić information content (AvgIpc) is 3.40. The smallest absolute Gasteiger partial charge is 0.348 e. The number of aromatic nitrogens is 3. The molecule has 0 atom stereocenters. The van der Waals surface area contributed by atoms with Gasteiger partial charge in [0, 0.05) is 28.5 Å².